The minimum atomic E-state index is -0.662. The van der Waals surface area contributed by atoms with Crippen molar-refractivity contribution in [3.05, 3.63) is 100 Å². The van der Waals surface area contributed by atoms with Gasteiger partial charge in [-0.1, -0.05) is 84.7 Å². The summed E-state index contributed by atoms with van der Waals surface area (Å²) in [7, 11) is 0. The minimum Gasteiger partial charge on any atom is -0.354 e. The summed E-state index contributed by atoms with van der Waals surface area (Å²) >= 11 is 14.2. The molecule has 0 bridgehead atoms. The first-order valence-corrected chi connectivity index (χ1v) is 13.4. The summed E-state index contributed by atoms with van der Waals surface area (Å²) in [6, 6.07) is 24.3. The van der Waals surface area contributed by atoms with Crippen LogP contribution in [0.3, 0.4) is 0 Å². The van der Waals surface area contributed by atoms with Gasteiger partial charge in [0.1, 0.15) is 6.04 Å². The Morgan fingerprint density at radius 2 is 1.66 bits per heavy atom. The fourth-order valence-electron chi connectivity index (χ4n) is 3.67. The van der Waals surface area contributed by atoms with E-state index < -0.39 is 6.04 Å². The lowest BCUT2D eigenvalue weighted by Crippen LogP contribution is -2.50. The second kappa shape index (κ2) is 14.2. The molecule has 3 rings (SSSR count). The van der Waals surface area contributed by atoms with E-state index in [1.54, 1.807) is 28.8 Å². The third kappa shape index (κ3) is 8.60. The fraction of sp³-hybridized carbons (Fsp3) is 0.286. The third-order valence-electron chi connectivity index (χ3n) is 5.50. The predicted molar refractivity (Wildman–Crippen MR) is 146 cm³/mol. The molecule has 3 aromatic carbocycles. The SMILES string of the molecule is CCCNC(=O)[C@H](Cc1ccccc1)N(Cc1ccc(Cl)cc1Cl)C(=O)CCSc1ccccc1. The van der Waals surface area contributed by atoms with E-state index in [-0.39, 0.29) is 18.4 Å². The standard InChI is InChI=1S/C28H30Cl2N2O2S/c1-2-16-31-28(34)26(18-21-9-5-3-6-10-21)32(20-22-13-14-23(29)19-25(22)30)27(33)15-17-35-24-11-7-4-8-12-24/h3-14,19,26H,2,15-18,20H2,1H3,(H,31,34)/t26-/m0/s1. The Balaban J connectivity index is 1.86. The van der Waals surface area contributed by atoms with E-state index in [0.29, 0.717) is 35.2 Å². The lowest BCUT2D eigenvalue weighted by molar-refractivity contribution is -0.141. The molecule has 0 saturated heterocycles. The molecule has 184 valence electrons. The minimum absolute atomic E-state index is 0.0907. The average molecular weight is 530 g/mol. The summed E-state index contributed by atoms with van der Waals surface area (Å²) in [5.74, 6) is 0.361. The van der Waals surface area contributed by atoms with Crippen molar-refractivity contribution in [2.24, 2.45) is 0 Å². The van der Waals surface area contributed by atoms with Gasteiger partial charge in [0.2, 0.25) is 11.8 Å². The first kappa shape index (κ1) is 27.1. The van der Waals surface area contributed by atoms with Gasteiger partial charge in [-0.05, 0) is 41.8 Å². The molecule has 0 aromatic heterocycles. The zero-order chi connectivity index (χ0) is 25.0. The molecule has 0 unspecified atom stereocenters. The van der Waals surface area contributed by atoms with Crippen LogP contribution in [0.25, 0.3) is 0 Å². The number of halogens is 2. The van der Waals surface area contributed by atoms with Crippen LogP contribution in [-0.2, 0) is 22.6 Å². The van der Waals surface area contributed by atoms with E-state index in [1.165, 1.54) is 0 Å². The quantitative estimate of drug-likeness (QED) is 0.268. The van der Waals surface area contributed by atoms with E-state index in [2.05, 4.69) is 5.32 Å². The second-order valence-electron chi connectivity index (χ2n) is 8.17. The summed E-state index contributed by atoms with van der Waals surface area (Å²) in [4.78, 5) is 29.7. The van der Waals surface area contributed by atoms with Crippen molar-refractivity contribution in [3.8, 4) is 0 Å². The van der Waals surface area contributed by atoms with Gasteiger partial charge in [-0.15, -0.1) is 11.8 Å². The van der Waals surface area contributed by atoms with Crippen molar-refractivity contribution in [1.82, 2.24) is 10.2 Å². The van der Waals surface area contributed by atoms with Gasteiger partial charge >= 0.3 is 0 Å². The lowest BCUT2D eigenvalue weighted by Gasteiger charge is -2.32. The molecule has 0 spiro atoms. The van der Waals surface area contributed by atoms with Gasteiger partial charge in [-0.25, -0.2) is 0 Å². The average Bonchev–Trinajstić information content (AvgIpc) is 2.87. The van der Waals surface area contributed by atoms with Crippen LogP contribution < -0.4 is 5.32 Å². The Kier molecular flexibility index (Phi) is 11.0. The molecule has 0 saturated carbocycles. The van der Waals surface area contributed by atoms with Gasteiger partial charge < -0.3 is 10.2 Å². The van der Waals surface area contributed by atoms with Crippen LogP contribution in [0.2, 0.25) is 10.0 Å². The first-order valence-electron chi connectivity index (χ1n) is 11.7. The van der Waals surface area contributed by atoms with Crippen molar-refractivity contribution in [2.75, 3.05) is 12.3 Å². The summed E-state index contributed by atoms with van der Waals surface area (Å²) in [6.07, 6.45) is 1.53. The van der Waals surface area contributed by atoms with E-state index in [9.17, 15) is 9.59 Å². The smallest absolute Gasteiger partial charge is 0.243 e. The molecule has 1 N–H and O–H groups in total. The van der Waals surface area contributed by atoms with E-state index in [0.717, 1.165) is 22.4 Å². The molecule has 1 atom stereocenters. The Bertz CT molecular complexity index is 1100. The first-order chi connectivity index (χ1) is 17.0. The Morgan fingerprint density at radius 3 is 2.31 bits per heavy atom. The van der Waals surface area contributed by atoms with E-state index >= 15 is 0 Å². The number of rotatable bonds is 12. The van der Waals surface area contributed by atoms with Crippen LogP contribution in [0, 0.1) is 0 Å². The molecule has 0 aliphatic carbocycles. The number of amides is 2. The van der Waals surface area contributed by atoms with Crippen molar-refractivity contribution in [1.29, 1.82) is 0 Å². The van der Waals surface area contributed by atoms with Crippen LogP contribution in [0.4, 0.5) is 0 Å². The zero-order valence-corrected chi connectivity index (χ0v) is 22.1. The normalized spacial score (nSPS) is 11.6. The Hall–Kier alpha value is -2.47. The molecule has 7 heteroatoms. The zero-order valence-electron chi connectivity index (χ0n) is 19.8. The van der Waals surface area contributed by atoms with Crippen molar-refractivity contribution in [2.45, 2.75) is 43.7 Å². The third-order valence-corrected chi connectivity index (χ3v) is 7.10. The second-order valence-corrected chi connectivity index (χ2v) is 10.2. The topological polar surface area (TPSA) is 49.4 Å². The fourth-order valence-corrected chi connectivity index (χ4v) is 5.00. The van der Waals surface area contributed by atoms with Crippen molar-refractivity contribution < 1.29 is 9.59 Å². The number of benzene rings is 3. The van der Waals surface area contributed by atoms with Crippen LogP contribution in [0.5, 0.6) is 0 Å². The number of carbonyl (C=O) groups is 2. The van der Waals surface area contributed by atoms with Crippen LogP contribution in [0.1, 0.15) is 30.9 Å². The van der Waals surface area contributed by atoms with Gasteiger partial charge in [-0.2, -0.15) is 0 Å². The highest BCUT2D eigenvalue weighted by Crippen LogP contribution is 2.25. The van der Waals surface area contributed by atoms with Gasteiger partial charge in [0.05, 0.1) is 0 Å². The van der Waals surface area contributed by atoms with E-state index in [4.69, 9.17) is 23.2 Å². The van der Waals surface area contributed by atoms with Crippen molar-refractivity contribution >= 4 is 46.8 Å². The number of hydrogen-bond acceptors (Lipinski definition) is 3. The predicted octanol–water partition coefficient (Wildman–Crippen LogP) is 6.64. The molecular weight excluding hydrogens is 499 g/mol. The highest BCUT2D eigenvalue weighted by atomic mass is 35.5. The van der Waals surface area contributed by atoms with Gasteiger partial charge in [0.25, 0.3) is 0 Å². The number of carbonyl (C=O) groups excluding carboxylic acids is 2. The molecule has 3 aromatic rings. The molecule has 2 amide bonds. The van der Waals surface area contributed by atoms with Gasteiger partial charge in [0.15, 0.2) is 0 Å². The van der Waals surface area contributed by atoms with Gasteiger partial charge in [-0.3, -0.25) is 9.59 Å². The maximum atomic E-state index is 13.6. The molecule has 35 heavy (non-hydrogen) atoms. The summed E-state index contributed by atoms with van der Waals surface area (Å²) in [6.45, 7) is 2.78. The number of thioether (sulfide) groups is 1. The van der Waals surface area contributed by atoms with Gasteiger partial charge in [0, 0.05) is 46.6 Å². The number of nitrogens with zero attached hydrogens (tertiary/aromatic N) is 1. The van der Waals surface area contributed by atoms with Crippen LogP contribution in [-0.4, -0.2) is 35.1 Å². The Morgan fingerprint density at radius 1 is 0.971 bits per heavy atom. The lowest BCUT2D eigenvalue weighted by atomic mass is 10.0. The maximum Gasteiger partial charge on any atom is 0.243 e. The largest absolute Gasteiger partial charge is 0.354 e. The highest BCUT2D eigenvalue weighted by Gasteiger charge is 2.30. The van der Waals surface area contributed by atoms with Crippen LogP contribution >= 0.6 is 35.0 Å². The molecule has 0 aliphatic heterocycles. The summed E-state index contributed by atoms with van der Waals surface area (Å²) in [5, 5.41) is 3.99. The number of hydrogen-bond donors (Lipinski definition) is 1. The monoisotopic (exact) mass is 528 g/mol. The molecule has 0 fully saturated rings. The molecular formula is C28H30Cl2N2O2S. The van der Waals surface area contributed by atoms with Crippen molar-refractivity contribution in [3.63, 3.8) is 0 Å². The highest BCUT2D eigenvalue weighted by molar-refractivity contribution is 7.99. The summed E-state index contributed by atoms with van der Waals surface area (Å²) < 4.78 is 0. The molecule has 4 nitrogen and oxygen atoms in total. The molecule has 0 aliphatic rings. The van der Waals surface area contributed by atoms with Crippen LogP contribution in [0.15, 0.2) is 83.8 Å². The molecule has 0 heterocycles. The Labute approximate surface area is 222 Å². The number of nitrogens with one attached hydrogen (secondary N) is 1. The van der Waals surface area contributed by atoms with E-state index in [1.807, 2.05) is 73.7 Å². The summed E-state index contributed by atoms with van der Waals surface area (Å²) in [5.41, 5.74) is 1.74. The molecule has 0 radical (unpaired) electrons. The maximum absolute atomic E-state index is 13.6.